The number of ether oxygens (including phenoxy) is 1. The largest absolute Gasteiger partial charge is 0.394 e. The van der Waals surface area contributed by atoms with Crippen LogP contribution < -0.4 is 17.6 Å². The minimum atomic E-state index is -1.31. The number of nitrogens with zero attached hydrogens (tertiary/aromatic N) is 2. The number of aliphatic hydroxyl groups is 3. The molecule has 0 aromatic carbocycles. The minimum absolute atomic E-state index is 0. The Kier molecular flexibility index (Phi) is 4.38. The number of rotatable bonds is 2. The van der Waals surface area contributed by atoms with Gasteiger partial charge in [-0.3, -0.25) is 4.57 Å². The molecule has 2 heterocycles. The summed E-state index contributed by atoms with van der Waals surface area (Å²) in [5.41, 5.74) is 4.63. The van der Waals surface area contributed by atoms with E-state index in [4.69, 9.17) is 15.6 Å². The molecule has 1 saturated heterocycles. The Balaban J connectivity index is 0.00000162. The fourth-order valence-corrected chi connectivity index (χ4v) is 1.73. The lowest BCUT2D eigenvalue weighted by atomic mass is 10.1. The molecule has 1 aromatic heterocycles. The SMILES string of the molecule is N.Nc1ccn([C@@H]2O[C@H](CO)[C@@H](O)[C@H]2O)c(=O)n1. The van der Waals surface area contributed by atoms with E-state index in [-0.39, 0.29) is 12.0 Å². The molecule has 8 N–H and O–H groups in total. The van der Waals surface area contributed by atoms with E-state index >= 15 is 0 Å². The molecule has 1 aliphatic rings. The van der Waals surface area contributed by atoms with Crippen molar-refractivity contribution in [2.24, 2.45) is 0 Å². The summed E-state index contributed by atoms with van der Waals surface area (Å²) in [6.45, 7) is -0.453. The molecule has 2 rings (SSSR count). The first-order valence-electron chi connectivity index (χ1n) is 5.01. The van der Waals surface area contributed by atoms with Crippen LogP contribution in [0, 0.1) is 0 Å². The zero-order valence-electron chi connectivity index (χ0n) is 9.51. The third-order valence-corrected chi connectivity index (χ3v) is 2.64. The second-order valence-corrected chi connectivity index (χ2v) is 3.77. The summed E-state index contributed by atoms with van der Waals surface area (Å²) in [6, 6.07) is 1.37. The number of nitrogen functional groups attached to an aromatic ring is 1. The molecule has 18 heavy (non-hydrogen) atoms. The Morgan fingerprint density at radius 1 is 1.44 bits per heavy atom. The van der Waals surface area contributed by atoms with E-state index < -0.39 is 36.8 Å². The highest BCUT2D eigenvalue weighted by atomic mass is 16.6. The highest BCUT2D eigenvalue weighted by molar-refractivity contribution is 5.23. The van der Waals surface area contributed by atoms with E-state index in [1.54, 1.807) is 0 Å². The van der Waals surface area contributed by atoms with Crippen LogP contribution in [0.3, 0.4) is 0 Å². The van der Waals surface area contributed by atoms with Gasteiger partial charge in [-0.2, -0.15) is 4.98 Å². The van der Waals surface area contributed by atoms with Crippen LogP contribution in [0.15, 0.2) is 17.1 Å². The van der Waals surface area contributed by atoms with Crippen LogP contribution in [0.25, 0.3) is 0 Å². The fourth-order valence-electron chi connectivity index (χ4n) is 1.73. The molecule has 102 valence electrons. The Labute approximate surface area is 102 Å². The zero-order valence-corrected chi connectivity index (χ0v) is 9.51. The standard InChI is InChI=1S/C9H13N3O5.H3N/c10-5-1-2-12(9(16)11-5)8-7(15)6(14)4(3-13)17-8;/h1-2,4,6-8,13-15H,3H2,(H2,10,11,16);1H3/t4-,6-,7-,8-;/m1./s1. The monoisotopic (exact) mass is 260 g/mol. The third-order valence-electron chi connectivity index (χ3n) is 2.64. The van der Waals surface area contributed by atoms with Crippen LogP contribution in [0.5, 0.6) is 0 Å². The van der Waals surface area contributed by atoms with Gasteiger partial charge in [0.1, 0.15) is 24.1 Å². The molecule has 0 amide bonds. The van der Waals surface area contributed by atoms with Gasteiger partial charge in [0.05, 0.1) is 6.61 Å². The van der Waals surface area contributed by atoms with Crippen LogP contribution >= 0.6 is 0 Å². The Morgan fingerprint density at radius 2 is 2.11 bits per heavy atom. The maximum absolute atomic E-state index is 11.5. The van der Waals surface area contributed by atoms with Crippen molar-refractivity contribution in [3.05, 3.63) is 22.7 Å². The van der Waals surface area contributed by atoms with Crippen molar-refractivity contribution in [2.75, 3.05) is 12.3 Å². The van der Waals surface area contributed by atoms with E-state index in [2.05, 4.69) is 4.98 Å². The van der Waals surface area contributed by atoms with Gasteiger partial charge in [-0.1, -0.05) is 0 Å². The minimum Gasteiger partial charge on any atom is -0.394 e. The normalized spacial score (nSPS) is 31.1. The van der Waals surface area contributed by atoms with Gasteiger partial charge in [-0.05, 0) is 6.07 Å². The van der Waals surface area contributed by atoms with Gasteiger partial charge in [0.2, 0.25) is 0 Å². The lowest BCUT2D eigenvalue weighted by Crippen LogP contribution is -2.36. The van der Waals surface area contributed by atoms with E-state index in [1.807, 2.05) is 0 Å². The quantitative estimate of drug-likeness (QED) is 0.392. The zero-order chi connectivity index (χ0) is 12.6. The maximum Gasteiger partial charge on any atom is 0.351 e. The number of hydrogen-bond acceptors (Lipinski definition) is 8. The van der Waals surface area contributed by atoms with Crippen molar-refractivity contribution in [1.82, 2.24) is 15.7 Å². The number of aromatic nitrogens is 2. The first-order valence-corrected chi connectivity index (χ1v) is 5.01. The summed E-state index contributed by atoms with van der Waals surface area (Å²) in [4.78, 5) is 15.0. The average molecular weight is 260 g/mol. The van der Waals surface area contributed by atoms with Gasteiger partial charge < -0.3 is 31.9 Å². The summed E-state index contributed by atoms with van der Waals surface area (Å²) in [7, 11) is 0. The molecule has 0 aliphatic carbocycles. The summed E-state index contributed by atoms with van der Waals surface area (Å²) in [6.07, 6.45) is -3.27. The maximum atomic E-state index is 11.5. The van der Waals surface area contributed by atoms with E-state index in [1.165, 1.54) is 12.3 Å². The molecule has 4 atom stereocenters. The first-order chi connectivity index (χ1) is 8.04. The van der Waals surface area contributed by atoms with Crippen molar-refractivity contribution >= 4 is 5.82 Å². The predicted octanol–water partition coefficient (Wildman–Crippen LogP) is -2.40. The Bertz CT molecular complexity index is 465. The topological polar surface area (TPSA) is 166 Å². The summed E-state index contributed by atoms with van der Waals surface area (Å²) in [5.74, 6) is 0.0537. The highest BCUT2D eigenvalue weighted by Crippen LogP contribution is 2.27. The van der Waals surface area contributed by atoms with Crippen LogP contribution in [0.2, 0.25) is 0 Å². The smallest absolute Gasteiger partial charge is 0.351 e. The summed E-state index contributed by atoms with van der Waals surface area (Å²) < 4.78 is 6.19. The summed E-state index contributed by atoms with van der Waals surface area (Å²) in [5, 5.41) is 28.2. The number of aliphatic hydroxyl groups excluding tert-OH is 3. The molecule has 0 saturated carbocycles. The number of hydrogen-bond donors (Lipinski definition) is 5. The molecule has 0 unspecified atom stereocenters. The van der Waals surface area contributed by atoms with Gasteiger partial charge in [0, 0.05) is 6.20 Å². The Hall–Kier alpha value is -1.52. The van der Waals surface area contributed by atoms with Gasteiger partial charge in [0.15, 0.2) is 6.23 Å². The molecular formula is C9H16N4O5. The molecular weight excluding hydrogens is 244 g/mol. The second kappa shape index (κ2) is 5.42. The molecule has 1 aromatic rings. The van der Waals surface area contributed by atoms with Crippen LogP contribution in [0.1, 0.15) is 6.23 Å². The fraction of sp³-hybridized carbons (Fsp3) is 0.556. The van der Waals surface area contributed by atoms with E-state index in [0.717, 1.165) is 4.57 Å². The Morgan fingerprint density at radius 3 is 2.61 bits per heavy atom. The molecule has 0 radical (unpaired) electrons. The third kappa shape index (κ3) is 2.35. The van der Waals surface area contributed by atoms with Gasteiger partial charge in [0.25, 0.3) is 0 Å². The van der Waals surface area contributed by atoms with Gasteiger partial charge in [-0.25, -0.2) is 4.79 Å². The molecule has 9 nitrogen and oxygen atoms in total. The number of nitrogens with two attached hydrogens (primary N) is 1. The van der Waals surface area contributed by atoms with Gasteiger partial charge in [-0.15, -0.1) is 0 Å². The lowest BCUT2D eigenvalue weighted by molar-refractivity contribution is -0.0549. The van der Waals surface area contributed by atoms with E-state index in [0.29, 0.717) is 0 Å². The lowest BCUT2D eigenvalue weighted by Gasteiger charge is -2.16. The molecule has 9 heteroatoms. The van der Waals surface area contributed by atoms with Crippen molar-refractivity contribution < 1.29 is 20.1 Å². The molecule has 0 spiro atoms. The van der Waals surface area contributed by atoms with Crippen molar-refractivity contribution in [1.29, 1.82) is 0 Å². The molecule has 1 aliphatic heterocycles. The van der Waals surface area contributed by atoms with Crippen LogP contribution in [0.4, 0.5) is 5.82 Å². The number of anilines is 1. The second-order valence-electron chi connectivity index (χ2n) is 3.77. The molecule has 1 fully saturated rings. The predicted molar refractivity (Wildman–Crippen MR) is 60.9 cm³/mol. The summed E-state index contributed by atoms with van der Waals surface area (Å²) >= 11 is 0. The molecule has 0 bridgehead atoms. The van der Waals surface area contributed by atoms with Crippen LogP contribution in [-0.4, -0.2) is 49.8 Å². The van der Waals surface area contributed by atoms with Crippen molar-refractivity contribution in [2.45, 2.75) is 24.5 Å². The highest BCUT2D eigenvalue weighted by Gasteiger charge is 2.43. The van der Waals surface area contributed by atoms with E-state index in [9.17, 15) is 15.0 Å². The van der Waals surface area contributed by atoms with Crippen molar-refractivity contribution in [3.63, 3.8) is 0 Å². The van der Waals surface area contributed by atoms with Gasteiger partial charge >= 0.3 is 5.69 Å². The average Bonchev–Trinajstić information content (AvgIpc) is 2.57. The van der Waals surface area contributed by atoms with Crippen molar-refractivity contribution in [3.8, 4) is 0 Å². The van der Waals surface area contributed by atoms with Crippen LogP contribution in [-0.2, 0) is 4.74 Å². The first kappa shape index (κ1) is 14.5.